The normalized spacial score (nSPS) is 10.1. The highest BCUT2D eigenvalue weighted by atomic mass is 32.1. The molecule has 0 aromatic carbocycles. The summed E-state index contributed by atoms with van der Waals surface area (Å²) in [7, 11) is 0. The third kappa shape index (κ3) is 3.25. The van der Waals surface area contributed by atoms with E-state index in [4.69, 9.17) is 18.0 Å². The second-order valence-corrected chi connectivity index (χ2v) is 3.96. The topological polar surface area (TPSA) is 68.8 Å². The summed E-state index contributed by atoms with van der Waals surface area (Å²) in [5, 5.41) is 3.27. The van der Waals surface area contributed by atoms with Gasteiger partial charge in [0.25, 0.3) is 0 Å². The number of hydrogen-bond donors (Lipinski definition) is 2. The van der Waals surface area contributed by atoms with Crippen molar-refractivity contribution >= 4 is 22.9 Å². The maximum Gasteiger partial charge on any atom is 0.122 e. The van der Waals surface area contributed by atoms with Gasteiger partial charge in [-0.05, 0) is 12.1 Å². The molecule has 0 atom stereocenters. The second kappa shape index (κ2) is 5.40. The Morgan fingerprint density at radius 2 is 2.35 bits per heavy atom. The number of thiocarbonyl (C=S) groups is 1. The number of nitrogens with one attached hydrogen (secondary N) is 1. The van der Waals surface area contributed by atoms with E-state index in [2.05, 4.69) is 15.3 Å². The number of pyridine rings is 1. The van der Waals surface area contributed by atoms with Gasteiger partial charge in [0.1, 0.15) is 4.99 Å². The van der Waals surface area contributed by atoms with E-state index < -0.39 is 0 Å². The molecule has 0 fully saturated rings. The fraction of sp³-hybridized carbons (Fsp3) is 0.182. The Balaban J connectivity index is 1.90. The van der Waals surface area contributed by atoms with Crippen molar-refractivity contribution in [3.05, 3.63) is 42.7 Å². The summed E-state index contributed by atoms with van der Waals surface area (Å²) in [6.07, 6.45) is 7.16. The zero-order valence-electron chi connectivity index (χ0n) is 9.21. The zero-order chi connectivity index (χ0) is 12.1. The lowest BCUT2D eigenvalue weighted by Crippen LogP contribution is -2.13. The lowest BCUT2D eigenvalue weighted by molar-refractivity contribution is 0.727. The fourth-order valence-electron chi connectivity index (χ4n) is 1.42. The third-order valence-electron chi connectivity index (χ3n) is 2.27. The fourth-order valence-corrected chi connectivity index (χ4v) is 1.54. The van der Waals surface area contributed by atoms with Gasteiger partial charge in [-0.25, -0.2) is 4.98 Å². The van der Waals surface area contributed by atoms with Gasteiger partial charge in [0.05, 0.1) is 12.0 Å². The highest BCUT2D eigenvalue weighted by Crippen LogP contribution is 2.07. The third-order valence-corrected chi connectivity index (χ3v) is 2.48. The summed E-state index contributed by atoms with van der Waals surface area (Å²) in [6, 6.07) is 3.73. The minimum absolute atomic E-state index is 0.309. The monoisotopic (exact) mass is 247 g/mol. The standard InChI is InChI=1S/C11H13N5S/c12-11(17)10-7-9(1-2-15-10)14-4-6-16-5-3-13-8-16/h1-3,5,7-8H,4,6H2,(H2,12,17)(H,14,15). The highest BCUT2D eigenvalue weighted by molar-refractivity contribution is 7.80. The summed E-state index contributed by atoms with van der Waals surface area (Å²) in [4.78, 5) is 8.36. The van der Waals surface area contributed by atoms with Crippen LogP contribution in [0.3, 0.4) is 0 Å². The Hall–Kier alpha value is -1.95. The predicted molar refractivity (Wildman–Crippen MR) is 70.8 cm³/mol. The molecule has 0 aliphatic heterocycles. The molecule has 0 spiro atoms. The molecule has 17 heavy (non-hydrogen) atoms. The van der Waals surface area contributed by atoms with E-state index in [0.717, 1.165) is 18.8 Å². The second-order valence-electron chi connectivity index (χ2n) is 3.52. The lowest BCUT2D eigenvalue weighted by atomic mass is 10.3. The predicted octanol–water partition coefficient (Wildman–Crippen LogP) is 1.02. The summed E-state index contributed by atoms with van der Waals surface area (Å²) in [5.74, 6) is 0. The van der Waals surface area contributed by atoms with Crippen molar-refractivity contribution in [2.75, 3.05) is 11.9 Å². The van der Waals surface area contributed by atoms with Crippen molar-refractivity contribution in [2.24, 2.45) is 5.73 Å². The van der Waals surface area contributed by atoms with Gasteiger partial charge in [-0.3, -0.25) is 4.98 Å². The number of hydrogen-bond acceptors (Lipinski definition) is 4. The van der Waals surface area contributed by atoms with Crippen LogP contribution in [-0.4, -0.2) is 26.1 Å². The molecule has 0 aliphatic rings. The minimum atomic E-state index is 0.309. The highest BCUT2D eigenvalue weighted by Gasteiger charge is 1.99. The van der Waals surface area contributed by atoms with Gasteiger partial charge in [0.2, 0.25) is 0 Å². The zero-order valence-corrected chi connectivity index (χ0v) is 10.0. The van der Waals surface area contributed by atoms with Crippen LogP contribution in [0.4, 0.5) is 5.69 Å². The van der Waals surface area contributed by atoms with Gasteiger partial charge in [0.15, 0.2) is 0 Å². The molecular weight excluding hydrogens is 234 g/mol. The van der Waals surface area contributed by atoms with E-state index in [9.17, 15) is 0 Å². The summed E-state index contributed by atoms with van der Waals surface area (Å²) in [5.41, 5.74) is 7.11. The molecule has 0 unspecified atom stereocenters. The first-order valence-corrected chi connectivity index (χ1v) is 5.62. The first-order valence-electron chi connectivity index (χ1n) is 5.21. The van der Waals surface area contributed by atoms with Crippen LogP contribution in [0.5, 0.6) is 0 Å². The van der Waals surface area contributed by atoms with Crippen molar-refractivity contribution in [3.63, 3.8) is 0 Å². The van der Waals surface area contributed by atoms with Crippen molar-refractivity contribution < 1.29 is 0 Å². The van der Waals surface area contributed by atoms with E-state index in [0.29, 0.717) is 10.7 Å². The number of nitrogens with two attached hydrogens (primary N) is 1. The number of aromatic nitrogens is 3. The number of rotatable bonds is 5. The molecule has 3 N–H and O–H groups in total. The average molecular weight is 247 g/mol. The SMILES string of the molecule is NC(=S)c1cc(NCCn2ccnc2)ccn1. The number of anilines is 1. The van der Waals surface area contributed by atoms with Crippen LogP contribution in [-0.2, 0) is 6.54 Å². The van der Waals surface area contributed by atoms with Crippen molar-refractivity contribution in [2.45, 2.75) is 6.54 Å². The van der Waals surface area contributed by atoms with Crippen LogP contribution in [0.2, 0.25) is 0 Å². The van der Waals surface area contributed by atoms with Gasteiger partial charge < -0.3 is 15.6 Å². The Kier molecular flexibility index (Phi) is 3.66. The number of imidazole rings is 1. The van der Waals surface area contributed by atoms with E-state index in [1.54, 1.807) is 18.7 Å². The van der Waals surface area contributed by atoms with Crippen LogP contribution in [0, 0.1) is 0 Å². The molecule has 6 heteroatoms. The lowest BCUT2D eigenvalue weighted by Gasteiger charge is -2.07. The van der Waals surface area contributed by atoms with Crippen LogP contribution in [0.1, 0.15) is 5.69 Å². The molecule has 0 saturated heterocycles. The maximum atomic E-state index is 5.52. The molecule has 5 nitrogen and oxygen atoms in total. The Morgan fingerprint density at radius 3 is 3.06 bits per heavy atom. The van der Waals surface area contributed by atoms with Crippen molar-refractivity contribution in [1.29, 1.82) is 0 Å². The van der Waals surface area contributed by atoms with Crippen LogP contribution < -0.4 is 11.1 Å². The Bertz CT molecular complexity index is 494. The molecule has 2 heterocycles. The van der Waals surface area contributed by atoms with Gasteiger partial charge in [0, 0.05) is 37.4 Å². The van der Waals surface area contributed by atoms with E-state index in [1.807, 2.05) is 22.9 Å². The minimum Gasteiger partial charge on any atom is -0.388 e. The van der Waals surface area contributed by atoms with Gasteiger partial charge in [-0.2, -0.15) is 0 Å². The van der Waals surface area contributed by atoms with Crippen LogP contribution in [0.15, 0.2) is 37.1 Å². The number of nitrogens with zero attached hydrogens (tertiary/aromatic N) is 3. The molecule has 2 aromatic heterocycles. The first-order chi connectivity index (χ1) is 8.25. The molecule has 0 aliphatic carbocycles. The van der Waals surface area contributed by atoms with E-state index in [-0.39, 0.29) is 0 Å². The van der Waals surface area contributed by atoms with Gasteiger partial charge in [-0.15, -0.1) is 0 Å². The average Bonchev–Trinajstić information content (AvgIpc) is 2.82. The summed E-state index contributed by atoms with van der Waals surface area (Å²) in [6.45, 7) is 1.65. The maximum absolute atomic E-state index is 5.52. The quantitative estimate of drug-likeness (QED) is 0.772. The molecule has 0 saturated carbocycles. The Morgan fingerprint density at radius 1 is 1.47 bits per heavy atom. The molecule has 0 amide bonds. The molecule has 0 bridgehead atoms. The molecular formula is C11H13N5S. The molecule has 88 valence electrons. The van der Waals surface area contributed by atoms with E-state index >= 15 is 0 Å². The molecule has 2 rings (SSSR count). The Labute approximate surface area is 105 Å². The van der Waals surface area contributed by atoms with Crippen molar-refractivity contribution in [3.8, 4) is 0 Å². The largest absolute Gasteiger partial charge is 0.388 e. The van der Waals surface area contributed by atoms with Gasteiger partial charge >= 0.3 is 0 Å². The molecule has 0 radical (unpaired) electrons. The molecule has 2 aromatic rings. The summed E-state index contributed by atoms with van der Waals surface area (Å²) < 4.78 is 2.00. The van der Waals surface area contributed by atoms with Gasteiger partial charge in [-0.1, -0.05) is 12.2 Å². The smallest absolute Gasteiger partial charge is 0.122 e. The summed E-state index contributed by atoms with van der Waals surface area (Å²) >= 11 is 4.87. The van der Waals surface area contributed by atoms with Crippen molar-refractivity contribution in [1.82, 2.24) is 14.5 Å². The van der Waals surface area contributed by atoms with Crippen LogP contribution >= 0.6 is 12.2 Å². The van der Waals surface area contributed by atoms with Crippen LogP contribution in [0.25, 0.3) is 0 Å². The van der Waals surface area contributed by atoms with E-state index in [1.165, 1.54) is 0 Å². The first kappa shape index (κ1) is 11.5.